The third-order valence-corrected chi connectivity index (χ3v) is 4.67. The minimum Gasteiger partial charge on any atom is -0.304 e. The monoisotopic (exact) mass is 264 g/mol. The van der Waals surface area contributed by atoms with Crippen LogP contribution in [0.15, 0.2) is 24.3 Å². The number of fused-ring (bicyclic) bond motifs is 1. The maximum absolute atomic E-state index is 13.6. The molecule has 2 heterocycles. The van der Waals surface area contributed by atoms with Gasteiger partial charge >= 0.3 is 0 Å². The van der Waals surface area contributed by atoms with Crippen molar-refractivity contribution >= 4 is 21.4 Å². The predicted molar refractivity (Wildman–Crippen MR) is 74.6 cm³/mol. The molecule has 1 aromatic carbocycles. The Kier molecular flexibility index (Phi) is 3.33. The zero-order valence-corrected chi connectivity index (χ0v) is 11.3. The molecule has 1 aliphatic rings. The van der Waals surface area contributed by atoms with Crippen molar-refractivity contribution < 1.29 is 4.39 Å². The van der Waals surface area contributed by atoms with E-state index in [4.69, 9.17) is 0 Å². The van der Waals surface area contributed by atoms with E-state index in [1.807, 2.05) is 6.07 Å². The van der Waals surface area contributed by atoms with Gasteiger partial charge in [-0.05, 0) is 24.6 Å². The summed E-state index contributed by atoms with van der Waals surface area (Å²) >= 11 is 1.59. The van der Waals surface area contributed by atoms with Crippen molar-refractivity contribution in [1.29, 1.82) is 0 Å². The SMILES string of the molecule is CN1CCN(Cc2cc3cccc(F)c3s2)CC1. The van der Waals surface area contributed by atoms with E-state index in [2.05, 4.69) is 22.9 Å². The Morgan fingerprint density at radius 2 is 2.00 bits per heavy atom. The molecule has 1 aliphatic heterocycles. The summed E-state index contributed by atoms with van der Waals surface area (Å²) in [5.74, 6) is -0.0953. The van der Waals surface area contributed by atoms with Crippen molar-refractivity contribution in [3.8, 4) is 0 Å². The Morgan fingerprint density at radius 3 is 2.72 bits per heavy atom. The molecule has 0 aliphatic carbocycles. The Hall–Kier alpha value is -0.970. The van der Waals surface area contributed by atoms with Crippen LogP contribution in [0.3, 0.4) is 0 Å². The molecule has 4 heteroatoms. The second-order valence-electron chi connectivity index (χ2n) is 4.95. The summed E-state index contributed by atoms with van der Waals surface area (Å²) in [7, 11) is 2.16. The molecule has 0 atom stereocenters. The fraction of sp³-hybridized carbons (Fsp3) is 0.429. The fourth-order valence-corrected chi connectivity index (χ4v) is 3.49. The molecule has 1 fully saturated rings. The summed E-state index contributed by atoms with van der Waals surface area (Å²) in [5.41, 5.74) is 0. The van der Waals surface area contributed by atoms with Gasteiger partial charge in [0.15, 0.2) is 0 Å². The van der Waals surface area contributed by atoms with Crippen LogP contribution in [0.4, 0.5) is 4.39 Å². The first-order chi connectivity index (χ1) is 8.72. The van der Waals surface area contributed by atoms with Crippen LogP contribution in [0.1, 0.15) is 4.88 Å². The number of rotatable bonds is 2. The molecule has 0 N–H and O–H groups in total. The zero-order chi connectivity index (χ0) is 12.5. The molecular formula is C14H17FN2S. The number of hydrogen-bond acceptors (Lipinski definition) is 3. The summed E-state index contributed by atoms with van der Waals surface area (Å²) in [4.78, 5) is 6.06. The molecule has 0 unspecified atom stereocenters. The van der Waals surface area contributed by atoms with E-state index in [0.717, 1.165) is 42.8 Å². The van der Waals surface area contributed by atoms with Crippen molar-refractivity contribution in [2.45, 2.75) is 6.54 Å². The van der Waals surface area contributed by atoms with Gasteiger partial charge in [0.25, 0.3) is 0 Å². The molecule has 0 saturated carbocycles. The Morgan fingerprint density at radius 1 is 1.22 bits per heavy atom. The van der Waals surface area contributed by atoms with Gasteiger partial charge in [-0.1, -0.05) is 12.1 Å². The van der Waals surface area contributed by atoms with E-state index in [-0.39, 0.29) is 5.82 Å². The predicted octanol–water partition coefficient (Wildman–Crippen LogP) is 2.79. The summed E-state index contributed by atoms with van der Waals surface area (Å²) in [6, 6.07) is 7.44. The Bertz CT molecular complexity index is 544. The number of thiophene rings is 1. The van der Waals surface area contributed by atoms with Crippen molar-refractivity contribution in [2.24, 2.45) is 0 Å². The summed E-state index contributed by atoms with van der Waals surface area (Å²) in [6.07, 6.45) is 0. The lowest BCUT2D eigenvalue weighted by Crippen LogP contribution is -2.43. The minimum atomic E-state index is -0.0953. The van der Waals surface area contributed by atoms with Crippen LogP contribution in [0.25, 0.3) is 10.1 Å². The number of halogens is 1. The van der Waals surface area contributed by atoms with Crippen LogP contribution < -0.4 is 0 Å². The van der Waals surface area contributed by atoms with Gasteiger partial charge in [0.1, 0.15) is 5.82 Å². The highest BCUT2D eigenvalue weighted by molar-refractivity contribution is 7.19. The van der Waals surface area contributed by atoms with Crippen molar-refractivity contribution in [1.82, 2.24) is 9.80 Å². The summed E-state index contributed by atoms with van der Waals surface area (Å²) in [5, 5.41) is 1.03. The van der Waals surface area contributed by atoms with Gasteiger partial charge in [-0.15, -0.1) is 11.3 Å². The van der Waals surface area contributed by atoms with E-state index in [1.54, 1.807) is 23.5 Å². The number of hydrogen-bond donors (Lipinski definition) is 0. The molecule has 0 spiro atoms. The molecule has 1 aromatic heterocycles. The van der Waals surface area contributed by atoms with Gasteiger partial charge < -0.3 is 4.90 Å². The molecule has 2 aromatic rings. The van der Waals surface area contributed by atoms with Crippen molar-refractivity contribution in [3.63, 3.8) is 0 Å². The minimum absolute atomic E-state index is 0.0953. The van der Waals surface area contributed by atoms with E-state index in [9.17, 15) is 4.39 Å². The molecule has 0 radical (unpaired) electrons. The van der Waals surface area contributed by atoms with Gasteiger partial charge in [-0.3, -0.25) is 4.90 Å². The van der Waals surface area contributed by atoms with Crippen LogP contribution in [-0.4, -0.2) is 43.0 Å². The van der Waals surface area contributed by atoms with Crippen LogP contribution in [0.2, 0.25) is 0 Å². The van der Waals surface area contributed by atoms with Gasteiger partial charge in [0.2, 0.25) is 0 Å². The quantitative estimate of drug-likeness (QED) is 0.823. The molecular weight excluding hydrogens is 247 g/mol. The number of nitrogens with zero attached hydrogens (tertiary/aromatic N) is 2. The maximum atomic E-state index is 13.6. The van der Waals surface area contributed by atoms with E-state index >= 15 is 0 Å². The molecule has 3 rings (SSSR count). The summed E-state index contributed by atoms with van der Waals surface area (Å²) in [6.45, 7) is 5.41. The average molecular weight is 264 g/mol. The maximum Gasteiger partial charge on any atom is 0.140 e. The number of likely N-dealkylation sites (N-methyl/N-ethyl adjacent to an activating group) is 1. The molecule has 0 bridgehead atoms. The second-order valence-corrected chi connectivity index (χ2v) is 6.09. The molecule has 1 saturated heterocycles. The summed E-state index contributed by atoms with van der Waals surface area (Å²) < 4.78 is 14.4. The zero-order valence-electron chi connectivity index (χ0n) is 10.5. The highest BCUT2D eigenvalue weighted by Crippen LogP contribution is 2.28. The standard InChI is InChI=1S/C14H17FN2S/c1-16-5-7-17(8-6-16)10-12-9-11-3-2-4-13(15)14(11)18-12/h2-4,9H,5-8,10H2,1H3. The third-order valence-electron chi connectivity index (χ3n) is 3.52. The Labute approximate surface area is 111 Å². The third kappa shape index (κ3) is 2.41. The van der Waals surface area contributed by atoms with Crippen LogP contribution in [0.5, 0.6) is 0 Å². The van der Waals surface area contributed by atoms with Crippen molar-refractivity contribution in [3.05, 3.63) is 35.0 Å². The van der Waals surface area contributed by atoms with E-state index < -0.39 is 0 Å². The number of piperazine rings is 1. The van der Waals surface area contributed by atoms with E-state index in [1.165, 1.54) is 4.88 Å². The first-order valence-corrected chi connectivity index (χ1v) is 7.12. The van der Waals surface area contributed by atoms with Gasteiger partial charge in [0.05, 0.1) is 4.70 Å². The topological polar surface area (TPSA) is 6.48 Å². The lowest BCUT2D eigenvalue weighted by atomic mass is 10.2. The highest BCUT2D eigenvalue weighted by Gasteiger charge is 2.15. The normalized spacial score (nSPS) is 18.6. The smallest absolute Gasteiger partial charge is 0.140 e. The highest BCUT2D eigenvalue weighted by atomic mass is 32.1. The molecule has 18 heavy (non-hydrogen) atoms. The fourth-order valence-electron chi connectivity index (χ4n) is 2.39. The van der Waals surface area contributed by atoms with Crippen LogP contribution >= 0.6 is 11.3 Å². The number of benzene rings is 1. The van der Waals surface area contributed by atoms with E-state index in [0.29, 0.717) is 0 Å². The van der Waals surface area contributed by atoms with Gasteiger partial charge in [0, 0.05) is 37.6 Å². The first kappa shape index (κ1) is 12.1. The largest absolute Gasteiger partial charge is 0.304 e. The Balaban J connectivity index is 1.77. The molecule has 96 valence electrons. The lowest BCUT2D eigenvalue weighted by molar-refractivity contribution is 0.149. The molecule has 2 nitrogen and oxygen atoms in total. The van der Waals surface area contributed by atoms with Crippen LogP contribution in [0, 0.1) is 5.82 Å². The first-order valence-electron chi connectivity index (χ1n) is 6.30. The van der Waals surface area contributed by atoms with Crippen molar-refractivity contribution in [2.75, 3.05) is 33.2 Å². The van der Waals surface area contributed by atoms with Crippen LogP contribution in [-0.2, 0) is 6.54 Å². The lowest BCUT2D eigenvalue weighted by Gasteiger charge is -2.31. The molecule has 0 amide bonds. The second kappa shape index (κ2) is 4.96. The van der Waals surface area contributed by atoms with Gasteiger partial charge in [-0.25, -0.2) is 4.39 Å². The average Bonchev–Trinajstić information content (AvgIpc) is 2.76. The van der Waals surface area contributed by atoms with Gasteiger partial charge in [-0.2, -0.15) is 0 Å².